The van der Waals surface area contributed by atoms with Gasteiger partial charge in [-0.2, -0.15) is 0 Å². The molecule has 0 aromatic heterocycles. The van der Waals surface area contributed by atoms with Crippen LogP contribution in [0.3, 0.4) is 0 Å². The molecule has 0 radical (unpaired) electrons. The van der Waals surface area contributed by atoms with Gasteiger partial charge in [-0.1, -0.05) is 18.2 Å². The van der Waals surface area contributed by atoms with Crippen molar-refractivity contribution in [3.05, 3.63) is 30.3 Å². The quantitative estimate of drug-likeness (QED) is 0.796. The van der Waals surface area contributed by atoms with Gasteiger partial charge in [-0.3, -0.25) is 14.4 Å². The minimum atomic E-state index is -0.886. The molecule has 7 nitrogen and oxygen atoms in total. The molecule has 23 heavy (non-hydrogen) atoms. The number of benzene rings is 1. The Bertz CT molecular complexity index is 561. The molecule has 124 valence electrons. The van der Waals surface area contributed by atoms with E-state index in [9.17, 15) is 14.4 Å². The van der Waals surface area contributed by atoms with Gasteiger partial charge >= 0.3 is 5.97 Å². The highest BCUT2D eigenvalue weighted by Crippen LogP contribution is 2.16. The fraction of sp³-hybridized carbons (Fsp3) is 0.438. The highest BCUT2D eigenvalue weighted by Gasteiger charge is 2.28. The minimum absolute atomic E-state index is 0.149. The second-order valence-corrected chi connectivity index (χ2v) is 5.40. The van der Waals surface area contributed by atoms with Crippen LogP contribution in [0.25, 0.3) is 0 Å². The molecule has 2 N–H and O–H groups in total. The number of rotatable bonds is 6. The van der Waals surface area contributed by atoms with Crippen molar-refractivity contribution in [2.75, 3.05) is 26.2 Å². The van der Waals surface area contributed by atoms with Crippen LogP contribution in [0.5, 0.6) is 5.75 Å². The van der Waals surface area contributed by atoms with Gasteiger partial charge in [-0.05, 0) is 25.0 Å². The molecule has 1 aromatic carbocycles. The zero-order chi connectivity index (χ0) is 16.7. The largest absolute Gasteiger partial charge is 0.484 e. The third kappa shape index (κ3) is 5.28. The van der Waals surface area contributed by atoms with E-state index in [1.807, 2.05) is 6.07 Å². The number of amides is 2. The third-order valence-electron chi connectivity index (χ3n) is 3.67. The van der Waals surface area contributed by atoms with Gasteiger partial charge < -0.3 is 20.1 Å². The van der Waals surface area contributed by atoms with Crippen LogP contribution in [-0.4, -0.2) is 54.0 Å². The van der Waals surface area contributed by atoms with Crippen molar-refractivity contribution in [3.63, 3.8) is 0 Å². The molecule has 0 unspecified atom stereocenters. The molecule has 7 heteroatoms. The number of hydrogen-bond acceptors (Lipinski definition) is 4. The van der Waals surface area contributed by atoms with E-state index in [0.29, 0.717) is 25.1 Å². The molecule has 1 fully saturated rings. The van der Waals surface area contributed by atoms with Crippen molar-refractivity contribution in [3.8, 4) is 5.75 Å². The van der Waals surface area contributed by atoms with Crippen molar-refractivity contribution in [2.24, 2.45) is 5.92 Å². The highest BCUT2D eigenvalue weighted by molar-refractivity contribution is 5.85. The zero-order valence-electron chi connectivity index (χ0n) is 12.7. The molecule has 0 bridgehead atoms. The number of aliphatic carboxylic acids is 1. The Morgan fingerprint density at radius 1 is 1.26 bits per heavy atom. The first kappa shape index (κ1) is 16.8. The van der Waals surface area contributed by atoms with Gasteiger partial charge in [-0.25, -0.2) is 0 Å². The number of carboxylic acid groups (broad SMARTS) is 1. The SMILES string of the molecule is O=C(COc1ccccc1)NCC(=O)N1CCC[C@H](C(=O)O)C1. The number of nitrogens with one attached hydrogen (secondary N) is 1. The average Bonchev–Trinajstić information content (AvgIpc) is 2.58. The van der Waals surface area contributed by atoms with E-state index in [0.717, 1.165) is 0 Å². The fourth-order valence-corrected chi connectivity index (χ4v) is 2.41. The molecule has 0 saturated carbocycles. The van der Waals surface area contributed by atoms with Gasteiger partial charge in [0.1, 0.15) is 5.75 Å². The van der Waals surface area contributed by atoms with Crippen molar-refractivity contribution < 1.29 is 24.2 Å². The molecular formula is C16H20N2O5. The first-order valence-electron chi connectivity index (χ1n) is 7.51. The Balaban J connectivity index is 1.71. The van der Waals surface area contributed by atoms with E-state index >= 15 is 0 Å². The summed E-state index contributed by atoms with van der Waals surface area (Å²) >= 11 is 0. The molecular weight excluding hydrogens is 300 g/mol. The Labute approximate surface area is 134 Å². The Morgan fingerprint density at radius 2 is 2.00 bits per heavy atom. The molecule has 1 aromatic rings. The van der Waals surface area contributed by atoms with E-state index < -0.39 is 17.8 Å². The zero-order valence-corrected chi connectivity index (χ0v) is 12.7. The number of carbonyl (C=O) groups excluding carboxylic acids is 2. The lowest BCUT2D eigenvalue weighted by atomic mass is 9.98. The van der Waals surface area contributed by atoms with Gasteiger partial charge in [0.05, 0.1) is 12.5 Å². The predicted molar refractivity (Wildman–Crippen MR) is 81.9 cm³/mol. The number of hydrogen-bond donors (Lipinski definition) is 2. The summed E-state index contributed by atoms with van der Waals surface area (Å²) in [5, 5.41) is 11.5. The van der Waals surface area contributed by atoms with Crippen LogP contribution in [0.4, 0.5) is 0 Å². The summed E-state index contributed by atoms with van der Waals surface area (Å²) in [5.41, 5.74) is 0. The summed E-state index contributed by atoms with van der Waals surface area (Å²) in [6.07, 6.45) is 1.24. The smallest absolute Gasteiger partial charge is 0.308 e. The first-order valence-corrected chi connectivity index (χ1v) is 7.51. The van der Waals surface area contributed by atoms with Crippen LogP contribution in [0.2, 0.25) is 0 Å². The number of carboxylic acids is 1. The summed E-state index contributed by atoms with van der Waals surface area (Å²) in [5.74, 6) is -1.50. The molecule has 1 aliphatic heterocycles. The van der Waals surface area contributed by atoms with Crippen molar-refractivity contribution >= 4 is 17.8 Å². The maximum absolute atomic E-state index is 12.0. The third-order valence-corrected chi connectivity index (χ3v) is 3.67. The second-order valence-electron chi connectivity index (χ2n) is 5.40. The van der Waals surface area contributed by atoms with Crippen LogP contribution in [0.15, 0.2) is 30.3 Å². The van der Waals surface area contributed by atoms with Crippen LogP contribution in [0, 0.1) is 5.92 Å². The maximum atomic E-state index is 12.0. The minimum Gasteiger partial charge on any atom is -0.484 e. The average molecular weight is 320 g/mol. The number of nitrogens with zero attached hydrogens (tertiary/aromatic N) is 1. The predicted octanol–water partition coefficient (Wildman–Crippen LogP) is 0.505. The molecule has 0 spiro atoms. The van der Waals surface area contributed by atoms with Gasteiger partial charge in [0, 0.05) is 13.1 Å². The summed E-state index contributed by atoms with van der Waals surface area (Å²) in [7, 11) is 0. The molecule has 1 saturated heterocycles. The Kier molecular flexibility index (Phi) is 5.96. The topological polar surface area (TPSA) is 95.9 Å². The van der Waals surface area contributed by atoms with E-state index in [-0.39, 0.29) is 25.6 Å². The number of ether oxygens (including phenoxy) is 1. The summed E-state index contributed by atoms with van der Waals surface area (Å²) in [6.45, 7) is 0.405. The van der Waals surface area contributed by atoms with Crippen LogP contribution in [-0.2, 0) is 14.4 Å². The van der Waals surface area contributed by atoms with Gasteiger partial charge in [0.15, 0.2) is 6.61 Å². The summed E-state index contributed by atoms with van der Waals surface area (Å²) in [4.78, 5) is 36.2. The highest BCUT2D eigenvalue weighted by atomic mass is 16.5. The van der Waals surface area contributed by atoms with Crippen LogP contribution >= 0.6 is 0 Å². The number of likely N-dealkylation sites (tertiary alicyclic amines) is 1. The molecule has 1 aliphatic rings. The van der Waals surface area contributed by atoms with Crippen molar-refractivity contribution in [1.82, 2.24) is 10.2 Å². The fourth-order valence-electron chi connectivity index (χ4n) is 2.41. The van der Waals surface area contributed by atoms with E-state index in [4.69, 9.17) is 9.84 Å². The normalized spacial score (nSPS) is 17.4. The van der Waals surface area contributed by atoms with Gasteiger partial charge in [0.2, 0.25) is 5.91 Å². The lowest BCUT2D eigenvalue weighted by Gasteiger charge is -2.30. The lowest BCUT2D eigenvalue weighted by molar-refractivity contribution is -0.146. The van der Waals surface area contributed by atoms with E-state index in [1.54, 1.807) is 24.3 Å². The maximum Gasteiger partial charge on any atom is 0.308 e. The summed E-state index contributed by atoms with van der Waals surface area (Å²) in [6, 6.07) is 8.91. The van der Waals surface area contributed by atoms with Crippen molar-refractivity contribution in [1.29, 1.82) is 0 Å². The summed E-state index contributed by atoms with van der Waals surface area (Å²) < 4.78 is 5.28. The van der Waals surface area contributed by atoms with Crippen LogP contribution in [0.1, 0.15) is 12.8 Å². The second kappa shape index (κ2) is 8.17. The number of para-hydroxylation sites is 1. The number of carbonyl (C=O) groups is 3. The van der Waals surface area contributed by atoms with E-state index in [1.165, 1.54) is 4.90 Å². The number of piperidine rings is 1. The van der Waals surface area contributed by atoms with Gasteiger partial charge in [-0.15, -0.1) is 0 Å². The van der Waals surface area contributed by atoms with Crippen molar-refractivity contribution in [2.45, 2.75) is 12.8 Å². The van der Waals surface area contributed by atoms with Crippen LogP contribution < -0.4 is 10.1 Å². The Morgan fingerprint density at radius 3 is 2.70 bits per heavy atom. The molecule has 2 amide bonds. The first-order chi connectivity index (χ1) is 11.1. The molecule has 2 rings (SSSR count). The monoisotopic (exact) mass is 320 g/mol. The Hall–Kier alpha value is -2.57. The molecule has 0 aliphatic carbocycles. The lowest BCUT2D eigenvalue weighted by Crippen LogP contribution is -2.47. The molecule has 1 heterocycles. The standard InChI is InChI=1S/C16H20N2O5/c19-14(11-23-13-6-2-1-3-7-13)17-9-15(20)18-8-4-5-12(10-18)16(21)22/h1-3,6-7,12H,4-5,8-11H2,(H,17,19)(H,21,22)/t12-/m0/s1. The molecule has 1 atom stereocenters. The van der Waals surface area contributed by atoms with E-state index in [2.05, 4.69) is 5.32 Å². The van der Waals surface area contributed by atoms with Gasteiger partial charge in [0.25, 0.3) is 5.91 Å².